The molecular formula is C16H14ClN3O2. The van der Waals surface area contributed by atoms with Gasteiger partial charge in [0.05, 0.1) is 5.52 Å². The maximum absolute atomic E-state index is 11.6. The molecule has 0 saturated heterocycles. The van der Waals surface area contributed by atoms with E-state index in [1.807, 2.05) is 35.0 Å². The fourth-order valence-electron chi connectivity index (χ4n) is 2.47. The Labute approximate surface area is 132 Å². The highest BCUT2D eigenvalue weighted by Gasteiger charge is 2.20. The second-order valence-electron chi connectivity index (χ2n) is 4.85. The topological polar surface area (TPSA) is 49.0 Å². The van der Waals surface area contributed by atoms with Crippen LogP contribution in [0, 0.1) is 6.92 Å². The van der Waals surface area contributed by atoms with Crippen molar-refractivity contribution in [1.82, 2.24) is 14.3 Å². The number of aromatic nitrogens is 3. The van der Waals surface area contributed by atoms with Gasteiger partial charge in [-0.25, -0.2) is 9.48 Å². The molecule has 22 heavy (non-hydrogen) atoms. The van der Waals surface area contributed by atoms with Crippen LogP contribution in [0.5, 0.6) is 5.75 Å². The van der Waals surface area contributed by atoms with Gasteiger partial charge < -0.3 is 4.74 Å². The van der Waals surface area contributed by atoms with Crippen molar-refractivity contribution in [3.63, 3.8) is 0 Å². The quantitative estimate of drug-likeness (QED) is 0.549. The molecule has 0 aliphatic heterocycles. The Morgan fingerprint density at radius 1 is 1.41 bits per heavy atom. The van der Waals surface area contributed by atoms with Gasteiger partial charge in [0, 0.05) is 29.7 Å². The first-order valence-electron chi connectivity index (χ1n) is 6.66. The number of halogens is 1. The number of hydrogen-bond acceptors (Lipinski definition) is 3. The summed E-state index contributed by atoms with van der Waals surface area (Å²) in [4.78, 5) is 11.6. The van der Waals surface area contributed by atoms with Gasteiger partial charge in [0.2, 0.25) is 0 Å². The molecule has 5 nitrogen and oxygen atoms in total. The van der Waals surface area contributed by atoms with Crippen molar-refractivity contribution < 1.29 is 9.53 Å². The number of benzene rings is 1. The minimum Gasteiger partial charge on any atom is -0.417 e. The first kappa shape index (κ1) is 14.4. The minimum atomic E-state index is -0.521. The van der Waals surface area contributed by atoms with E-state index in [0.29, 0.717) is 22.3 Å². The molecular weight excluding hydrogens is 302 g/mol. The third-order valence-corrected chi connectivity index (χ3v) is 3.75. The van der Waals surface area contributed by atoms with Gasteiger partial charge in [-0.05, 0) is 25.1 Å². The SMILES string of the molecule is C=CC(=O)Oc1c(C)nn(C)c1-n1ccc2c(Cl)cccc21. The van der Waals surface area contributed by atoms with Crippen LogP contribution in [0.25, 0.3) is 16.7 Å². The summed E-state index contributed by atoms with van der Waals surface area (Å²) in [5.74, 6) is 0.543. The van der Waals surface area contributed by atoms with E-state index in [9.17, 15) is 4.79 Å². The molecule has 6 heteroatoms. The molecule has 0 fully saturated rings. The second-order valence-corrected chi connectivity index (χ2v) is 5.25. The van der Waals surface area contributed by atoms with Crippen molar-refractivity contribution in [2.75, 3.05) is 0 Å². The third kappa shape index (κ3) is 2.19. The van der Waals surface area contributed by atoms with E-state index in [-0.39, 0.29) is 0 Å². The zero-order valence-electron chi connectivity index (χ0n) is 12.2. The van der Waals surface area contributed by atoms with Gasteiger partial charge in [0.25, 0.3) is 0 Å². The molecule has 3 rings (SSSR count). The molecule has 0 unspecified atom stereocenters. The summed E-state index contributed by atoms with van der Waals surface area (Å²) < 4.78 is 8.92. The monoisotopic (exact) mass is 315 g/mol. The molecule has 1 aromatic carbocycles. The lowest BCUT2D eigenvalue weighted by Crippen LogP contribution is -2.08. The second kappa shape index (κ2) is 5.35. The molecule has 0 spiro atoms. The number of hydrogen-bond donors (Lipinski definition) is 0. The molecule has 2 aromatic heterocycles. The van der Waals surface area contributed by atoms with Crippen molar-refractivity contribution in [3.05, 3.63) is 53.8 Å². The van der Waals surface area contributed by atoms with Crippen molar-refractivity contribution in [1.29, 1.82) is 0 Å². The molecule has 0 N–H and O–H groups in total. The Kier molecular flexibility index (Phi) is 3.50. The largest absolute Gasteiger partial charge is 0.417 e. The van der Waals surface area contributed by atoms with E-state index >= 15 is 0 Å². The highest BCUT2D eigenvalue weighted by Crippen LogP contribution is 2.32. The van der Waals surface area contributed by atoms with E-state index in [0.717, 1.165) is 17.0 Å². The number of nitrogens with zero attached hydrogens (tertiary/aromatic N) is 3. The zero-order valence-corrected chi connectivity index (χ0v) is 13.0. The van der Waals surface area contributed by atoms with Crippen LogP contribution in [0.3, 0.4) is 0 Å². The molecule has 0 aliphatic carbocycles. The molecule has 2 heterocycles. The Hall–Kier alpha value is -2.53. The summed E-state index contributed by atoms with van der Waals surface area (Å²) in [5.41, 5.74) is 1.53. The van der Waals surface area contributed by atoms with Gasteiger partial charge in [0.1, 0.15) is 5.69 Å². The Balaban J connectivity index is 2.24. The molecule has 0 aliphatic rings. The number of carbonyl (C=O) groups is 1. The van der Waals surface area contributed by atoms with E-state index < -0.39 is 5.97 Å². The van der Waals surface area contributed by atoms with Crippen LogP contribution in [-0.4, -0.2) is 20.3 Å². The molecule has 0 saturated carbocycles. The summed E-state index contributed by atoms with van der Waals surface area (Å²) >= 11 is 6.22. The fraction of sp³-hybridized carbons (Fsp3) is 0.125. The summed E-state index contributed by atoms with van der Waals surface area (Å²) in [6.07, 6.45) is 3.00. The summed E-state index contributed by atoms with van der Waals surface area (Å²) in [6, 6.07) is 7.57. The normalized spacial score (nSPS) is 10.9. The lowest BCUT2D eigenvalue weighted by molar-refractivity contribution is -0.129. The maximum atomic E-state index is 11.6. The van der Waals surface area contributed by atoms with E-state index in [1.165, 1.54) is 0 Å². The van der Waals surface area contributed by atoms with E-state index in [4.69, 9.17) is 16.3 Å². The first-order valence-corrected chi connectivity index (χ1v) is 7.04. The number of esters is 1. The van der Waals surface area contributed by atoms with Gasteiger partial charge in [-0.15, -0.1) is 0 Å². The predicted molar refractivity (Wildman–Crippen MR) is 85.6 cm³/mol. The molecule has 0 amide bonds. The molecule has 0 atom stereocenters. The van der Waals surface area contributed by atoms with E-state index in [2.05, 4.69) is 11.7 Å². The van der Waals surface area contributed by atoms with Crippen molar-refractivity contribution in [2.24, 2.45) is 7.05 Å². The summed E-state index contributed by atoms with van der Waals surface area (Å²) in [5, 5.41) is 5.92. The van der Waals surface area contributed by atoms with Gasteiger partial charge in [0.15, 0.2) is 11.6 Å². The van der Waals surface area contributed by atoms with Crippen LogP contribution >= 0.6 is 11.6 Å². The Morgan fingerprint density at radius 3 is 2.91 bits per heavy atom. The Bertz CT molecular complexity index is 892. The Morgan fingerprint density at radius 2 is 2.18 bits per heavy atom. The summed E-state index contributed by atoms with van der Waals surface area (Å²) in [7, 11) is 1.80. The maximum Gasteiger partial charge on any atom is 0.335 e. The van der Waals surface area contributed by atoms with Crippen LogP contribution < -0.4 is 4.74 Å². The average Bonchev–Trinajstić information content (AvgIpc) is 3.02. The lowest BCUT2D eigenvalue weighted by Gasteiger charge is -2.09. The highest BCUT2D eigenvalue weighted by atomic mass is 35.5. The van der Waals surface area contributed by atoms with Gasteiger partial charge in [-0.1, -0.05) is 24.2 Å². The number of rotatable bonds is 3. The average molecular weight is 316 g/mol. The lowest BCUT2D eigenvalue weighted by atomic mass is 10.2. The van der Waals surface area contributed by atoms with Crippen molar-refractivity contribution in [3.8, 4) is 11.6 Å². The van der Waals surface area contributed by atoms with Gasteiger partial charge in [-0.3, -0.25) is 4.57 Å². The smallest absolute Gasteiger partial charge is 0.335 e. The van der Waals surface area contributed by atoms with Crippen molar-refractivity contribution in [2.45, 2.75) is 6.92 Å². The number of carbonyl (C=O) groups excluding carboxylic acids is 1. The van der Waals surface area contributed by atoms with Crippen LogP contribution in [0.2, 0.25) is 5.02 Å². The number of fused-ring (bicyclic) bond motifs is 1. The molecule has 3 aromatic rings. The number of ether oxygens (including phenoxy) is 1. The van der Waals surface area contributed by atoms with Crippen molar-refractivity contribution >= 4 is 28.5 Å². The predicted octanol–water partition coefficient (Wildman–Crippen LogP) is 3.42. The third-order valence-electron chi connectivity index (χ3n) is 3.42. The summed E-state index contributed by atoms with van der Waals surface area (Å²) in [6.45, 7) is 5.21. The van der Waals surface area contributed by atoms with Gasteiger partial charge in [-0.2, -0.15) is 5.10 Å². The van der Waals surface area contributed by atoms with Gasteiger partial charge >= 0.3 is 5.97 Å². The highest BCUT2D eigenvalue weighted by molar-refractivity contribution is 6.35. The fourth-order valence-corrected chi connectivity index (χ4v) is 2.70. The molecule has 0 radical (unpaired) electrons. The minimum absolute atomic E-state index is 0.407. The van der Waals surface area contributed by atoms with Crippen LogP contribution in [0.1, 0.15) is 5.69 Å². The van der Waals surface area contributed by atoms with Crippen LogP contribution in [-0.2, 0) is 11.8 Å². The van der Waals surface area contributed by atoms with Crippen LogP contribution in [0.15, 0.2) is 43.1 Å². The zero-order chi connectivity index (χ0) is 15.9. The first-order chi connectivity index (χ1) is 10.5. The standard InChI is InChI=1S/C16H14ClN3O2/c1-4-14(21)22-15-10(2)18-19(3)16(15)20-9-8-11-12(17)6-5-7-13(11)20/h4-9H,1H2,2-3H3. The van der Waals surface area contributed by atoms with Crippen LogP contribution in [0.4, 0.5) is 0 Å². The molecule has 0 bridgehead atoms. The molecule has 112 valence electrons. The number of aryl methyl sites for hydroxylation is 2. The van der Waals surface area contributed by atoms with E-state index in [1.54, 1.807) is 18.7 Å².